The van der Waals surface area contributed by atoms with Gasteiger partial charge in [0, 0.05) is 39.1 Å². The maximum absolute atomic E-state index is 13.0. The smallest absolute Gasteiger partial charge is 0.226 e. The molecule has 0 amide bonds. The zero-order valence-electron chi connectivity index (χ0n) is 22.8. The molecule has 0 unspecified atom stereocenters. The molecule has 0 spiro atoms. The minimum Gasteiger partial charge on any atom is -0.307 e. The zero-order chi connectivity index (χ0) is 27.4. The second-order valence-electron chi connectivity index (χ2n) is 13.0. The lowest BCUT2D eigenvalue weighted by atomic mass is 9.53. The average Bonchev–Trinajstić information content (AvgIpc) is 3.49. The van der Waals surface area contributed by atoms with E-state index < -0.39 is 21.7 Å². The Bertz CT molecular complexity index is 1580. The Morgan fingerprint density at radius 2 is 1.45 bits per heavy atom. The van der Waals surface area contributed by atoms with Crippen LogP contribution < -0.4 is 0 Å². The molecule has 38 heavy (non-hydrogen) atoms. The molecule has 0 radical (unpaired) electrons. The van der Waals surface area contributed by atoms with Crippen molar-refractivity contribution in [3.63, 3.8) is 0 Å². The highest BCUT2D eigenvalue weighted by molar-refractivity contribution is 6.03. The molecule has 8 heteroatoms. The first-order valence-corrected chi connectivity index (χ1v) is 13.3. The fourth-order valence-electron chi connectivity index (χ4n) is 8.31. The van der Waals surface area contributed by atoms with Crippen molar-refractivity contribution in [2.24, 2.45) is 22.7 Å². The van der Waals surface area contributed by atoms with E-state index in [2.05, 4.69) is 28.6 Å². The van der Waals surface area contributed by atoms with Crippen LogP contribution in [0.15, 0.2) is 29.7 Å². The van der Waals surface area contributed by atoms with E-state index in [9.17, 15) is 9.59 Å². The van der Waals surface area contributed by atoms with E-state index >= 15 is 0 Å². The summed E-state index contributed by atoms with van der Waals surface area (Å²) in [5, 5.41) is 13.1. The van der Waals surface area contributed by atoms with Gasteiger partial charge < -0.3 is 9.59 Å². The Balaban J connectivity index is 1.48. The molecule has 2 heterocycles. The molecule has 4 atom stereocenters. The largest absolute Gasteiger partial charge is 0.307 e. The molecule has 0 bridgehead atoms. The number of nitrogens with one attached hydrogen (secondary N) is 1. The Kier molecular flexibility index (Phi) is 4.79. The van der Waals surface area contributed by atoms with Crippen LogP contribution in [0.1, 0.15) is 76.9 Å². The van der Waals surface area contributed by atoms with E-state index in [4.69, 9.17) is 23.3 Å². The van der Waals surface area contributed by atoms with Crippen molar-refractivity contribution in [1.82, 2.24) is 20.0 Å². The van der Waals surface area contributed by atoms with E-state index in [1.54, 1.807) is 0 Å². The van der Waals surface area contributed by atoms with Crippen molar-refractivity contribution in [3.05, 3.63) is 75.1 Å². The zero-order valence-corrected chi connectivity index (χ0v) is 22.8. The molecule has 8 nitrogen and oxygen atoms in total. The first-order chi connectivity index (χ1) is 17.8. The number of aryl methyl sites for hydroxylation is 1. The van der Waals surface area contributed by atoms with Crippen LogP contribution in [-0.4, -0.2) is 31.5 Å². The van der Waals surface area contributed by atoms with Crippen LogP contribution in [0.3, 0.4) is 0 Å². The lowest BCUT2D eigenvalue weighted by Gasteiger charge is -2.50. The lowest BCUT2D eigenvalue weighted by molar-refractivity contribution is -0.129. The molecule has 0 saturated heterocycles. The van der Waals surface area contributed by atoms with Gasteiger partial charge in [0.1, 0.15) is 0 Å². The van der Waals surface area contributed by atoms with Crippen molar-refractivity contribution in [2.45, 2.75) is 78.1 Å². The molecular formula is C30H32N6O2. The highest BCUT2D eigenvalue weighted by Crippen LogP contribution is 2.56. The number of H-pyrrole nitrogens is 1. The minimum absolute atomic E-state index is 0.0517. The number of ketones is 2. The first-order valence-electron chi connectivity index (χ1n) is 13.3. The number of hydrogen-bond acceptors (Lipinski definition) is 4. The standard InChI is InChI=1S/C30H32N6O2/c1-27(2)20-11-9-16-15-36(35-22(16)29(20,5)13-18(31-7)24(27)37)26-17-10-12-21-28(3,4)25(38)19(32-8)14-30(21,6)23(17)33-34-26/h13-15,20-21H,9-12H2,1-6H3,(H,33,34)/t20-,21-,29-,30-/m0/s1. The summed E-state index contributed by atoms with van der Waals surface area (Å²) < 4.78 is 1.85. The fraction of sp³-hybridized carbons (Fsp3) is 0.533. The number of hydrogen-bond donors (Lipinski definition) is 1. The third kappa shape index (κ3) is 2.84. The molecule has 194 valence electrons. The minimum atomic E-state index is -0.641. The fourth-order valence-corrected chi connectivity index (χ4v) is 8.31. The summed E-state index contributed by atoms with van der Waals surface area (Å²) in [6.45, 7) is 27.3. The van der Waals surface area contributed by atoms with E-state index in [0.29, 0.717) is 0 Å². The van der Waals surface area contributed by atoms with Crippen LogP contribution >= 0.6 is 0 Å². The molecule has 0 fully saturated rings. The number of rotatable bonds is 1. The Hall–Kier alpha value is -3.78. The highest BCUT2D eigenvalue weighted by atomic mass is 16.1. The molecule has 6 rings (SSSR count). The van der Waals surface area contributed by atoms with E-state index in [1.807, 2.05) is 50.7 Å². The van der Waals surface area contributed by atoms with Gasteiger partial charge in [-0.25, -0.2) is 14.4 Å². The quantitative estimate of drug-likeness (QED) is 0.546. The van der Waals surface area contributed by atoms with Gasteiger partial charge >= 0.3 is 0 Å². The van der Waals surface area contributed by atoms with Crippen molar-refractivity contribution in [3.8, 4) is 5.82 Å². The van der Waals surface area contributed by atoms with Gasteiger partial charge in [0.05, 0.1) is 18.8 Å². The predicted octanol–water partition coefficient (Wildman–Crippen LogP) is 5.06. The maximum Gasteiger partial charge on any atom is 0.226 e. The maximum atomic E-state index is 13.0. The highest BCUT2D eigenvalue weighted by Gasteiger charge is 2.56. The SMILES string of the molecule is [C-]#[N+]C1=C[C@]2(C)c3nn(-c4n[nH]c5c4CC[C@H]4C(C)(C)C(=O)C([N+]#[C-])=C[C@]54C)cc3CC[C@H]2C(C)(C)C1=O. The lowest BCUT2D eigenvalue weighted by Crippen LogP contribution is -2.51. The Labute approximate surface area is 222 Å². The number of allylic oxidation sites excluding steroid dienone is 4. The predicted molar refractivity (Wildman–Crippen MR) is 141 cm³/mol. The first kappa shape index (κ1) is 24.6. The summed E-state index contributed by atoms with van der Waals surface area (Å²) in [4.78, 5) is 33.2. The van der Waals surface area contributed by atoms with Gasteiger partial charge in [-0.2, -0.15) is 10.2 Å². The number of Topliss-reactive ketones (excluding diaryl/α,β-unsaturated/α-hetero) is 2. The van der Waals surface area contributed by atoms with E-state index in [1.165, 1.54) is 0 Å². The van der Waals surface area contributed by atoms with Gasteiger partial charge in [0.15, 0.2) is 17.4 Å². The number of fused-ring (bicyclic) bond motifs is 6. The summed E-state index contributed by atoms with van der Waals surface area (Å²) in [5.41, 5.74) is 2.11. The van der Waals surface area contributed by atoms with Crippen molar-refractivity contribution in [1.29, 1.82) is 0 Å². The molecule has 0 aliphatic heterocycles. The molecule has 4 aliphatic carbocycles. The second-order valence-corrected chi connectivity index (χ2v) is 13.0. The summed E-state index contributed by atoms with van der Waals surface area (Å²) in [6, 6.07) is 0. The topological polar surface area (TPSA) is 89.4 Å². The molecule has 0 saturated carbocycles. The normalized spacial score (nSPS) is 32.5. The van der Waals surface area contributed by atoms with Crippen LogP contribution in [0.5, 0.6) is 0 Å². The molecule has 2 aromatic rings. The molecule has 1 N–H and O–H groups in total. The van der Waals surface area contributed by atoms with Gasteiger partial charge in [-0.05, 0) is 43.1 Å². The summed E-state index contributed by atoms with van der Waals surface area (Å²) >= 11 is 0. The molecule has 2 aromatic heterocycles. The summed E-state index contributed by atoms with van der Waals surface area (Å²) in [5.74, 6) is 0.681. The average molecular weight is 509 g/mol. The van der Waals surface area contributed by atoms with E-state index in [-0.39, 0.29) is 34.8 Å². The van der Waals surface area contributed by atoms with Crippen molar-refractivity contribution < 1.29 is 9.59 Å². The van der Waals surface area contributed by atoms with Crippen LogP contribution in [-0.2, 0) is 33.3 Å². The van der Waals surface area contributed by atoms with Crippen LogP contribution in [0.4, 0.5) is 0 Å². The van der Waals surface area contributed by atoms with Gasteiger partial charge in [0.25, 0.3) is 0 Å². The molecule has 0 aromatic carbocycles. The van der Waals surface area contributed by atoms with Crippen LogP contribution in [0.25, 0.3) is 15.5 Å². The Morgan fingerprint density at radius 3 is 2.05 bits per heavy atom. The number of carbonyl (C=O) groups excluding carboxylic acids is 2. The Morgan fingerprint density at radius 1 is 0.895 bits per heavy atom. The number of nitrogens with zero attached hydrogens (tertiary/aromatic N) is 5. The number of aromatic nitrogens is 4. The third-order valence-electron chi connectivity index (χ3n) is 10.2. The molecule has 4 aliphatic rings. The van der Waals surface area contributed by atoms with Crippen molar-refractivity contribution >= 4 is 11.6 Å². The van der Waals surface area contributed by atoms with Crippen LogP contribution in [0.2, 0.25) is 0 Å². The number of aromatic amines is 1. The van der Waals surface area contributed by atoms with Gasteiger partial charge in [-0.1, -0.05) is 53.7 Å². The number of carbonyl (C=O) groups is 2. The second kappa shape index (κ2) is 7.41. The summed E-state index contributed by atoms with van der Waals surface area (Å²) in [7, 11) is 0. The summed E-state index contributed by atoms with van der Waals surface area (Å²) in [6.07, 6.45) is 8.96. The monoisotopic (exact) mass is 508 g/mol. The van der Waals surface area contributed by atoms with Gasteiger partial charge in [0.2, 0.25) is 11.4 Å². The van der Waals surface area contributed by atoms with Crippen molar-refractivity contribution in [2.75, 3.05) is 0 Å². The van der Waals surface area contributed by atoms with Gasteiger partial charge in [-0.15, -0.1) is 0 Å². The van der Waals surface area contributed by atoms with Gasteiger partial charge in [-0.3, -0.25) is 5.10 Å². The van der Waals surface area contributed by atoms with Crippen LogP contribution in [0, 0.1) is 35.8 Å². The third-order valence-corrected chi connectivity index (χ3v) is 10.2. The van der Waals surface area contributed by atoms with E-state index in [0.717, 1.165) is 54.0 Å². The molecular weight excluding hydrogens is 476 g/mol.